The molecular formula is C13H11FN2O3. The maximum atomic E-state index is 13.4. The van der Waals surface area contributed by atoms with Crippen LogP contribution in [0.5, 0.6) is 11.5 Å². The Morgan fingerprint density at radius 3 is 2.53 bits per heavy atom. The number of nitrogens with one attached hydrogen (secondary N) is 1. The van der Waals surface area contributed by atoms with E-state index in [-0.39, 0.29) is 17.0 Å². The van der Waals surface area contributed by atoms with Crippen molar-refractivity contribution >= 4 is 17.3 Å². The summed E-state index contributed by atoms with van der Waals surface area (Å²) in [5.74, 6) is -2.02. The molecule has 0 spiro atoms. The number of rotatable bonds is 2. The lowest BCUT2D eigenvalue weighted by atomic mass is 10.2. The van der Waals surface area contributed by atoms with Crippen molar-refractivity contribution in [2.45, 2.75) is 0 Å². The summed E-state index contributed by atoms with van der Waals surface area (Å²) in [5, 5.41) is 20.8. The summed E-state index contributed by atoms with van der Waals surface area (Å²) >= 11 is 0. The molecule has 0 radical (unpaired) electrons. The molecule has 5 nitrogen and oxygen atoms in total. The number of hydrogen-bond acceptors (Lipinski definition) is 4. The van der Waals surface area contributed by atoms with Crippen LogP contribution in [0.15, 0.2) is 36.4 Å². The van der Waals surface area contributed by atoms with Gasteiger partial charge in [0.15, 0.2) is 11.5 Å². The van der Waals surface area contributed by atoms with Crippen LogP contribution >= 0.6 is 0 Å². The summed E-state index contributed by atoms with van der Waals surface area (Å²) in [4.78, 5) is 11.8. The number of carbonyl (C=O) groups is 1. The Kier molecular flexibility index (Phi) is 3.24. The second-order valence-corrected chi connectivity index (χ2v) is 3.90. The van der Waals surface area contributed by atoms with E-state index in [1.807, 2.05) is 0 Å². The van der Waals surface area contributed by atoms with E-state index in [1.165, 1.54) is 24.3 Å². The fourth-order valence-corrected chi connectivity index (χ4v) is 1.50. The third kappa shape index (κ3) is 2.74. The van der Waals surface area contributed by atoms with Gasteiger partial charge in [-0.05, 0) is 36.4 Å². The molecule has 2 aromatic carbocycles. The Morgan fingerprint density at radius 2 is 1.84 bits per heavy atom. The van der Waals surface area contributed by atoms with Gasteiger partial charge in [-0.15, -0.1) is 0 Å². The number of aromatic hydroxyl groups is 2. The van der Waals surface area contributed by atoms with E-state index in [9.17, 15) is 14.3 Å². The molecule has 0 unspecified atom stereocenters. The Balaban J connectivity index is 2.25. The molecule has 0 heterocycles. The Morgan fingerprint density at radius 1 is 1.11 bits per heavy atom. The molecule has 0 aliphatic heterocycles. The molecule has 0 saturated carbocycles. The molecule has 0 fully saturated rings. The Bertz CT molecular complexity index is 644. The zero-order chi connectivity index (χ0) is 14.0. The molecule has 0 aliphatic carbocycles. The van der Waals surface area contributed by atoms with Gasteiger partial charge in [0, 0.05) is 11.3 Å². The quantitative estimate of drug-likeness (QED) is 0.492. The SMILES string of the molecule is Nc1ccc(F)c(NC(=O)c2ccc(O)c(O)c2)c1. The van der Waals surface area contributed by atoms with Gasteiger partial charge in [0.05, 0.1) is 5.69 Å². The lowest BCUT2D eigenvalue weighted by Gasteiger charge is -2.08. The van der Waals surface area contributed by atoms with Gasteiger partial charge in [-0.1, -0.05) is 0 Å². The van der Waals surface area contributed by atoms with Crippen LogP contribution in [0, 0.1) is 5.82 Å². The number of nitrogen functional groups attached to an aromatic ring is 1. The van der Waals surface area contributed by atoms with E-state index in [0.29, 0.717) is 5.69 Å². The molecule has 98 valence electrons. The van der Waals surface area contributed by atoms with E-state index in [1.54, 1.807) is 0 Å². The number of nitrogens with two attached hydrogens (primary N) is 1. The largest absolute Gasteiger partial charge is 0.504 e. The highest BCUT2D eigenvalue weighted by Crippen LogP contribution is 2.25. The van der Waals surface area contributed by atoms with Crippen LogP contribution in [0.2, 0.25) is 0 Å². The first-order valence-electron chi connectivity index (χ1n) is 5.36. The van der Waals surface area contributed by atoms with Crippen LogP contribution in [0.1, 0.15) is 10.4 Å². The van der Waals surface area contributed by atoms with E-state index >= 15 is 0 Å². The van der Waals surface area contributed by atoms with Crippen LogP contribution in [0.4, 0.5) is 15.8 Å². The number of phenols is 2. The standard InChI is InChI=1S/C13H11FN2O3/c14-9-3-2-8(15)6-10(9)16-13(19)7-1-4-11(17)12(18)5-7/h1-6,17-18H,15H2,(H,16,19). The topological polar surface area (TPSA) is 95.6 Å². The summed E-state index contributed by atoms with van der Waals surface area (Å²) < 4.78 is 13.4. The highest BCUT2D eigenvalue weighted by atomic mass is 19.1. The second kappa shape index (κ2) is 4.85. The number of benzene rings is 2. The monoisotopic (exact) mass is 262 g/mol. The first kappa shape index (κ1) is 12.7. The van der Waals surface area contributed by atoms with Gasteiger partial charge in [-0.3, -0.25) is 4.79 Å². The molecule has 0 aromatic heterocycles. The minimum absolute atomic E-state index is 0.0578. The number of phenolic OH excluding ortho intramolecular Hbond substituents is 2. The zero-order valence-electron chi connectivity index (χ0n) is 9.72. The van der Waals surface area contributed by atoms with Crippen LogP contribution in [-0.2, 0) is 0 Å². The Hall–Kier alpha value is -2.76. The van der Waals surface area contributed by atoms with Crippen LogP contribution in [-0.4, -0.2) is 16.1 Å². The van der Waals surface area contributed by atoms with Crippen molar-refractivity contribution in [3.8, 4) is 11.5 Å². The van der Waals surface area contributed by atoms with Crippen molar-refractivity contribution < 1.29 is 19.4 Å². The molecule has 0 atom stereocenters. The number of anilines is 2. The average Bonchev–Trinajstić information content (AvgIpc) is 2.37. The Labute approximate surface area is 108 Å². The van der Waals surface area contributed by atoms with E-state index in [4.69, 9.17) is 10.8 Å². The summed E-state index contributed by atoms with van der Waals surface area (Å²) in [6.07, 6.45) is 0. The maximum Gasteiger partial charge on any atom is 0.255 e. The van der Waals surface area contributed by atoms with Gasteiger partial charge in [0.1, 0.15) is 5.82 Å². The normalized spacial score (nSPS) is 10.2. The third-order valence-electron chi connectivity index (χ3n) is 2.48. The van der Waals surface area contributed by atoms with Crippen molar-refractivity contribution in [1.29, 1.82) is 0 Å². The number of hydrogen-bond donors (Lipinski definition) is 4. The maximum absolute atomic E-state index is 13.4. The average molecular weight is 262 g/mol. The van der Waals surface area contributed by atoms with E-state index in [0.717, 1.165) is 12.1 Å². The molecule has 0 saturated heterocycles. The number of amides is 1. The van der Waals surface area contributed by atoms with Gasteiger partial charge in [-0.2, -0.15) is 0 Å². The van der Waals surface area contributed by atoms with Crippen LogP contribution < -0.4 is 11.1 Å². The van der Waals surface area contributed by atoms with E-state index in [2.05, 4.69) is 5.32 Å². The molecule has 2 aromatic rings. The summed E-state index contributed by atoms with van der Waals surface area (Å²) in [6.45, 7) is 0. The minimum atomic E-state index is -0.625. The van der Waals surface area contributed by atoms with Crippen molar-refractivity contribution in [2.24, 2.45) is 0 Å². The van der Waals surface area contributed by atoms with Gasteiger partial charge in [0.25, 0.3) is 5.91 Å². The predicted octanol–water partition coefficient (Wildman–Crippen LogP) is 2.07. The smallest absolute Gasteiger partial charge is 0.255 e. The second-order valence-electron chi connectivity index (χ2n) is 3.90. The van der Waals surface area contributed by atoms with Crippen molar-refractivity contribution in [3.05, 3.63) is 47.8 Å². The highest BCUT2D eigenvalue weighted by Gasteiger charge is 2.11. The summed E-state index contributed by atoms with van der Waals surface area (Å²) in [5.41, 5.74) is 5.83. The molecule has 6 heteroatoms. The lowest BCUT2D eigenvalue weighted by Crippen LogP contribution is -2.13. The van der Waals surface area contributed by atoms with Crippen molar-refractivity contribution in [1.82, 2.24) is 0 Å². The first-order valence-corrected chi connectivity index (χ1v) is 5.36. The van der Waals surface area contributed by atoms with Crippen molar-refractivity contribution in [3.63, 3.8) is 0 Å². The summed E-state index contributed by atoms with van der Waals surface area (Å²) in [7, 11) is 0. The molecule has 1 amide bonds. The minimum Gasteiger partial charge on any atom is -0.504 e. The van der Waals surface area contributed by atoms with Gasteiger partial charge < -0.3 is 21.3 Å². The van der Waals surface area contributed by atoms with E-state index < -0.39 is 17.5 Å². The van der Waals surface area contributed by atoms with Gasteiger partial charge in [0.2, 0.25) is 0 Å². The fourth-order valence-electron chi connectivity index (χ4n) is 1.50. The molecule has 0 aliphatic rings. The fraction of sp³-hybridized carbons (Fsp3) is 0. The van der Waals surface area contributed by atoms with Crippen LogP contribution in [0.3, 0.4) is 0 Å². The number of halogens is 1. The first-order chi connectivity index (χ1) is 8.97. The molecule has 2 rings (SSSR count). The third-order valence-corrected chi connectivity index (χ3v) is 2.48. The van der Waals surface area contributed by atoms with Crippen LogP contribution in [0.25, 0.3) is 0 Å². The number of carbonyl (C=O) groups excluding carboxylic acids is 1. The molecule has 19 heavy (non-hydrogen) atoms. The lowest BCUT2D eigenvalue weighted by molar-refractivity contribution is 0.102. The van der Waals surface area contributed by atoms with Gasteiger partial charge >= 0.3 is 0 Å². The van der Waals surface area contributed by atoms with Crippen molar-refractivity contribution in [2.75, 3.05) is 11.1 Å². The zero-order valence-corrected chi connectivity index (χ0v) is 9.72. The molecule has 0 bridgehead atoms. The molecular weight excluding hydrogens is 251 g/mol. The summed E-state index contributed by atoms with van der Waals surface area (Å²) in [6, 6.07) is 7.34. The predicted molar refractivity (Wildman–Crippen MR) is 68.5 cm³/mol. The highest BCUT2D eigenvalue weighted by molar-refractivity contribution is 6.04. The molecule has 5 N–H and O–H groups in total. The van der Waals surface area contributed by atoms with Gasteiger partial charge in [-0.25, -0.2) is 4.39 Å².